The average molecular weight is 282 g/mol. The molecule has 20 heavy (non-hydrogen) atoms. The summed E-state index contributed by atoms with van der Waals surface area (Å²) in [6.45, 7) is 1.64. The highest BCUT2D eigenvalue weighted by atomic mass is 19.1. The quantitative estimate of drug-likeness (QED) is 0.657. The van der Waals surface area contributed by atoms with E-state index in [9.17, 15) is 19.6 Å². The van der Waals surface area contributed by atoms with Crippen molar-refractivity contribution in [2.75, 3.05) is 11.9 Å². The molecule has 1 aromatic rings. The van der Waals surface area contributed by atoms with Gasteiger partial charge in [-0.2, -0.15) is 0 Å². The van der Waals surface area contributed by atoms with Gasteiger partial charge in [-0.1, -0.05) is 12.8 Å². The van der Waals surface area contributed by atoms with E-state index in [1.54, 1.807) is 6.92 Å². The number of aliphatic hydroxyl groups is 1. The molecule has 1 aliphatic carbocycles. The number of nitrogens with one attached hydrogen (secondary N) is 1. The maximum Gasteiger partial charge on any atom is 0.295 e. The van der Waals surface area contributed by atoms with Crippen LogP contribution in [0.1, 0.15) is 31.2 Å². The second kappa shape index (κ2) is 6.17. The van der Waals surface area contributed by atoms with Gasteiger partial charge in [-0.05, 0) is 31.4 Å². The van der Waals surface area contributed by atoms with Crippen LogP contribution in [0.25, 0.3) is 0 Å². The summed E-state index contributed by atoms with van der Waals surface area (Å²) in [4.78, 5) is 10.4. The van der Waals surface area contributed by atoms with E-state index in [1.807, 2.05) is 0 Å². The first kappa shape index (κ1) is 14.7. The Morgan fingerprint density at radius 3 is 2.80 bits per heavy atom. The van der Waals surface area contributed by atoms with Crippen LogP contribution in [0, 0.1) is 28.8 Å². The topological polar surface area (TPSA) is 75.4 Å². The van der Waals surface area contributed by atoms with Crippen molar-refractivity contribution in [1.29, 1.82) is 0 Å². The van der Waals surface area contributed by atoms with Gasteiger partial charge in [0.15, 0.2) is 0 Å². The summed E-state index contributed by atoms with van der Waals surface area (Å²) in [7, 11) is 0. The zero-order chi connectivity index (χ0) is 14.7. The molecule has 0 aliphatic heterocycles. The Labute approximate surface area is 117 Å². The largest absolute Gasteiger partial charge is 0.396 e. The second-order valence-electron chi connectivity index (χ2n) is 5.35. The van der Waals surface area contributed by atoms with Crippen molar-refractivity contribution in [3.63, 3.8) is 0 Å². The van der Waals surface area contributed by atoms with E-state index < -0.39 is 10.7 Å². The van der Waals surface area contributed by atoms with Crippen LogP contribution in [0.15, 0.2) is 12.1 Å². The van der Waals surface area contributed by atoms with Gasteiger partial charge in [-0.25, -0.2) is 4.39 Å². The van der Waals surface area contributed by atoms with Crippen molar-refractivity contribution in [3.8, 4) is 0 Å². The molecule has 0 amide bonds. The van der Waals surface area contributed by atoms with E-state index in [-0.39, 0.29) is 24.3 Å². The van der Waals surface area contributed by atoms with Crippen molar-refractivity contribution < 1.29 is 14.4 Å². The molecule has 1 fully saturated rings. The van der Waals surface area contributed by atoms with Crippen molar-refractivity contribution in [3.05, 3.63) is 33.6 Å². The number of nitro benzene ring substituents is 1. The molecule has 0 heterocycles. The maximum atomic E-state index is 13.5. The van der Waals surface area contributed by atoms with Gasteiger partial charge in [0.05, 0.1) is 11.0 Å². The Morgan fingerprint density at radius 1 is 1.45 bits per heavy atom. The normalized spacial score (nSPS) is 22.6. The number of aryl methyl sites for hydroxylation is 1. The van der Waals surface area contributed by atoms with Crippen molar-refractivity contribution >= 4 is 11.4 Å². The standard InChI is InChI=1S/C14H19FN2O3/c1-9-6-13(14(17(19)20)7-11(9)15)16-12-5-3-2-4-10(12)8-18/h6-7,10,12,16,18H,2-5,8H2,1H3. The van der Waals surface area contributed by atoms with Gasteiger partial charge in [0.1, 0.15) is 11.5 Å². The summed E-state index contributed by atoms with van der Waals surface area (Å²) in [6.07, 6.45) is 3.86. The number of nitrogens with zero attached hydrogens (tertiary/aromatic N) is 1. The minimum absolute atomic E-state index is 0.00249. The molecular formula is C14H19FN2O3. The minimum Gasteiger partial charge on any atom is -0.396 e. The SMILES string of the molecule is Cc1cc(NC2CCCCC2CO)c([N+](=O)[O-])cc1F. The van der Waals surface area contributed by atoms with Gasteiger partial charge in [-0.3, -0.25) is 10.1 Å². The number of benzene rings is 1. The highest BCUT2D eigenvalue weighted by molar-refractivity contribution is 5.63. The summed E-state index contributed by atoms with van der Waals surface area (Å²) in [6, 6.07) is 2.42. The van der Waals surface area contributed by atoms with E-state index in [2.05, 4.69) is 5.32 Å². The van der Waals surface area contributed by atoms with Crippen molar-refractivity contribution in [1.82, 2.24) is 0 Å². The lowest BCUT2D eigenvalue weighted by molar-refractivity contribution is -0.384. The van der Waals surface area contributed by atoms with Crippen LogP contribution in [0.3, 0.4) is 0 Å². The lowest BCUT2D eigenvalue weighted by atomic mass is 9.85. The Kier molecular flexibility index (Phi) is 4.54. The Morgan fingerprint density at radius 2 is 2.15 bits per heavy atom. The first-order valence-electron chi connectivity index (χ1n) is 6.85. The highest BCUT2D eigenvalue weighted by Crippen LogP contribution is 2.32. The van der Waals surface area contributed by atoms with E-state index in [4.69, 9.17) is 0 Å². The minimum atomic E-state index is -0.582. The molecule has 5 nitrogen and oxygen atoms in total. The molecule has 2 unspecified atom stereocenters. The van der Waals surface area contributed by atoms with Crippen LogP contribution in [0.4, 0.5) is 15.8 Å². The molecule has 110 valence electrons. The van der Waals surface area contributed by atoms with E-state index >= 15 is 0 Å². The van der Waals surface area contributed by atoms with Crippen LogP contribution in [0.2, 0.25) is 0 Å². The number of hydrogen-bond donors (Lipinski definition) is 2. The first-order chi connectivity index (χ1) is 9.52. The molecule has 6 heteroatoms. The van der Waals surface area contributed by atoms with Gasteiger partial charge in [-0.15, -0.1) is 0 Å². The maximum absolute atomic E-state index is 13.5. The fourth-order valence-corrected chi connectivity index (χ4v) is 2.75. The molecular weight excluding hydrogens is 263 g/mol. The van der Waals surface area contributed by atoms with Gasteiger partial charge >= 0.3 is 0 Å². The fourth-order valence-electron chi connectivity index (χ4n) is 2.75. The number of aliphatic hydroxyl groups excluding tert-OH is 1. The smallest absolute Gasteiger partial charge is 0.295 e. The molecule has 1 aromatic carbocycles. The van der Waals surface area contributed by atoms with Crippen LogP contribution in [-0.2, 0) is 0 Å². The van der Waals surface area contributed by atoms with Crippen LogP contribution in [-0.4, -0.2) is 22.7 Å². The monoisotopic (exact) mass is 282 g/mol. The molecule has 1 saturated carbocycles. The van der Waals surface area contributed by atoms with Gasteiger partial charge in [0.2, 0.25) is 0 Å². The molecule has 2 N–H and O–H groups in total. The predicted octanol–water partition coefficient (Wildman–Crippen LogP) is 3.01. The zero-order valence-corrected chi connectivity index (χ0v) is 11.4. The molecule has 2 rings (SSSR count). The van der Waals surface area contributed by atoms with Crippen molar-refractivity contribution in [2.45, 2.75) is 38.6 Å². The molecule has 0 spiro atoms. The lowest BCUT2D eigenvalue weighted by Crippen LogP contribution is -2.34. The molecule has 0 aromatic heterocycles. The lowest BCUT2D eigenvalue weighted by Gasteiger charge is -2.31. The third-order valence-electron chi connectivity index (χ3n) is 3.96. The van der Waals surface area contributed by atoms with Gasteiger partial charge in [0.25, 0.3) is 5.69 Å². The number of halogens is 1. The van der Waals surface area contributed by atoms with Crippen LogP contribution in [0.5, 0.6) is 0 Å². The molecule has 0 radical (unpaired) electrons. The number of nitro groups is 1. The summed E-state index contributed by atoms with van der Waals surface area (Å²) in [5, 5.41) is 23.5. The predicted molar refractivity (Wildman–Crippen MR) is 74.2 cm³/mol. The van der Waals surface area contributed by atoms with E-state index in [0.29, 0.717) is 11.3 Å². The summed E-state index contributed by atoms with van der Waals surface area (Å²) >= 11 is 0. The van der Waals surface area contributed by atoms with E-state index in [0.717, 1.165) is 31.7 Å². The summed E-state index contributed by atoms with van der Waals surface area (Å²) < 4.78 is 13.5. The second-order valence-corrected chi connectivity index (χ2v) is 5.35. The zero-order valence-electron chi connectivity index (χ0n) is 11.4. The molecule has 0 bridgehead atoms. The average Bonchev–Trinajstić information content (AvgIpc) is 2.43. The first-order valence-corrected chi connectivity index (χ1v) is 6.85. The summed E-state index contributed by atoms with van der Waals surface area (Å²) in [5.74, 6) is -0.488. The highest BCUT2D eigenvalue weighted by Gasteiger charge is 2.27. The third kappa shape index (κ3) is 3.07. The van der Waals surface area contributed by atoms with Gasteiger partial charge < -0.3 is 10.4 Å². The van der Waals surface area contributed by atoms with Crippen LogP contribution < -0.4 is 5.32 Å². The van der Waals surface area contributed by atoms with Crippen LogP contribution >= 0.6 is 0 Å². The van der Waals surface area contributed by atoms with E-state index in [1.165, 1.54) is 6.07 Å². The van der Waals surface area contributed by atoms with Crippen molar-refractivity contribution in [2.24, 2.45) is 5.92 Å². The molecule has 1 aliphatic rings. The number of rotatable bonds is 4. The third-order valence-corrected chi connectivity index (χ3v) is 3.96. The Balaban J connectivity index is 2.27. The Hall–Kier alpha value is -1.69. The summed E-state index contributed by atoms with van der Waals surface area (Å²) in [5.41, 5.74) is 0.448. The fraction of sp³-hybridized carbons (Fsp3) is 0.571. The Bertz CT molecular complexity index is 507. The number of anilines is 1. The van der Waals surface area contributed by atoms with Gasteiger partial charge in [0, 0.05) is 18.6 Å². The molecule has 2 atom stereocenters. The number of hydrogen-bond acceptors (Lipinski definition) is 4. The molecule has 0 saturated heterocycles.